The lowest BCUT2D eigenvalue weighted by atomic mass is 9.88. The van der Waals surface area contributed by atoms with Crippen molar-refractivity contribution in [2.45, 2.75) is 38.0 Å². The van der Waals surface area contributed by atoms with Gasteiger partial charge in [0.2, 0.25) is 0 Å². The number of aromatic nitrogens is 4. The summed E-state index contributed by atoms with van der Waals surface area (Å²) < 4.78 is 21.5. The summed E-state index contributed by atoms with van der Waals surface area (Å²) >= 11 is 12.5. The Labute approximate surface area is 194 Å². The Morgan fingerprint density at radius 2 is 1.91 bits per heavy atom. The van der Waals surface area contributed by atoms with E-state index in [0.29, 0.717) is 27.7 Å². The van der Waals surface area contributed by atoms with E-state index >= 15 is 0 Å². The second-order valence-corrected chi connectivity index (χ2v) is 8.65. The van der Waals surface area contributed by atoms with E-state index in [1.807, 2.05) is 10.6 Å². The number of hydrogen-bond acceptors (Lipinski definition) is 5. The van der Waals surface area contributed by atoms with Crippen LogP contribution in [0.3, 0.4) is 0 Å². The Hall–Kier alpha value is -2.90. The molecule has 1 aliphatic carbocycles. The third-order valence-electron chi connectivity index (χ3n) is 5.70. The van der Waals surface area contributed by atoms with E-state index < -0.39 is 5.82 Å². The molecule has 9 heteroatoms. The quantitative estimate of drug-likeness (QED) is 0.369. The zero-order chi connectivity index (χ0) is 22.2. The minimum Gasteiger partial charge on any atom is -0.402 e. The van der Waals surface area contributed by atoms with E-state index in [1.165, 1.54) is 12.5 Å². The van der Waals surface area contributed by atoms with Gasteiger partial charge in [-0.05, 0) is 43.2 Å². The average molecular weight is 471 g/mol. The van der Waals surface area contributed by atoms with E-state index in [0.717, 1.165) is 31.5 Å². The Bertz CT molecular complexity index is 1280. The summed E-state index contributed by atoms with van der Waals surface area (Å²) in [6.07, 6.45) is 5.46. The Morgan fingerprint density at radius 1 is 1.09 bits per heavy atom. The van der Waals surface area contributed by atoms with Crippen molar-refractivity contribution >= 4 is 29.2 Å². The summed E-state index contributed by atoms with van der Waals surface area (Å²) in [5, 5.41) is 8.42. The maximum Gasteiger partial charge on any atom is 0.313 e. The number of halogens is 3. The van der Waals surface area contributed by atoms with Crippen molar-refractivity contribution in [1.29, 1.82) is 0 Å². The van der Waals surface area contributed by atoms with Gasteiger partial charge in [0, 0.05) is 22.6 Å². The monoisotopic (exact) mass is 470 g/mol. The molecule has 2 aromatic carbocycles. The first-order valence-electron chi connectivity index (χ1n) is 10.4. The highest BCUT2D eigenvalue weighted by molar-refractivity contribution is 6.31. The molecule has 0 aliphatic heterocycles. The van der Waals surface area contributed by atoms with Crippen LogP contribution in [0.4, 0.5) is 10.4 Å². The van der Waals surface area contributed by atoms with Crippen molar-refractivity contribution < 1.29 is 8.81 Å². The molecule has 2 heterocycles. The number of hydrogen-bond donors (Lipinski definition) is 1. The molecule has 32 heavy (non-hydrogen) atoms. The van der Waals surface area contributed by atoms with Crippen LogP contribution in [0.25, 0.3) is 28.5 Å². The van der Waals surface area contributed by atoms with Gasteiger partial charge in [0.25, 0.3) is 5.89 Å². The Balaban J connectivity index is 1.83. The Morgan fingerprint density at radius 3 is 2.59 bits per heavy atom. The number of rotatable bonds is 4. The smallest absolute Gasteiger partial charge is 0.313 e. The lowest BCUT2D eigenvalue weighted by Gasteiger charge is -2.23. The van der Waals surface area contributed by atoms with Crippen LogP contribution in [0.5, 0.6) is 0 Å². The predicted octanol–water partition coefficient (Wildman–Crippen LogP) is 6.47. The first-order chi connectivity index (χ1) is 15.5. The summed E-state index contributed by atoms with van der Waals surface area (Å²) in [5.74, 6) is 0.730. The van der Waals surface area contributed by atoms with Crippen molar-refractivity contribution in [3.8, 4) is 28.5 Å². The number of benzene rings is 2. The molecule has 163 valence electrons. The van der Waals surface area contributed by atoms with E-state index in [4.69, 9.17) is 38.3 Å². The zero-order valence-electron chi connectivity index (χ0n) is 17.0. The highest BCUT2D eigenvalue weighted by Gasteiger charge is 2.30. The molecule has 1 saturated carbocycles. The van der Waals surface area contributed by atoms with Crippen LogP contribution < -0.4 is 5.73 Å². The predicted molar refractivity (Wildman–Crippen MR) is 121 cm³/mol. The van der Waals surface area contributed by atoms with E-state index in [9.17, 15) is 4.39 Å². The van der Waals surface area contributed by atoms with Gasteiger partial charge in [-0.1, -0.05) is 53.6 Å². The average Bonchev–Trinajstić information content (AvgIpc) is 3.40. The van der Waals surface area contributed by atoms with Gasteiger partial charge in [-0.2, -0.15) is 0 Å². The number of nitrogens with two attached hydrogens (primary N) is 1. The molecule has 2 aromatic heterocycles. The fourth-order valence-corrected chi connectivity index (χ4v) is 4.61. The van der Waals surface area contributed by atoms with Crippen molar-refractivity contribution in [3.63, 3.8) is 0 Å². The summed E-state index contributed by atoms with van der Waals surface area (Å²) in [7, 11) is 0. The number of anilines is 1. The maximum atomic E-state index is 14.0. The topological polar surface area (TPSA) is 82.8 Å². The van der Waals surface area contributed by atoms with Crippen LogP contribution in [0.15, 0.2) is 40.8 Å². The standard InChI is InChI=1S/C23H19Cl2FN5O/c24-15-7-4-8-16(12-15)31-20(14-9-10-18(26)17(25)11-14)19(22-29-30-23(27)32-22)28-21(31)13-5-2-1-3-6-13/h4,7,9-13H,1-3,5-6H2,(H2,27,30). The second kappa shape index (κ2) is 8.56. The molecule has 0 bridgehead atoms. The third-order valence-corrected chi connectivity index (χ3v) is 6.22. The van der Waals surface area contributed by atoms with E-state index in [-0.39, 0.29) is 22.8 Å². The van der Waals surface area contributed by atoms with Crippen molar-refractivity contribution in [3.05, 3.63) is 64.2 Å². The Kier molecular flexibility index (Phi) is 5.61. The minimum absolute atomic E-state index is 0.000494. The molecule has 1 radical (unpaired) electrons. The SMILES string of the molecule is Nc1nnc(-c2nc(C3CCCCC3)n(-c3[c]ccc(Cl)c3)c2-c2ccc(F)c(Cl)c2)o1. The molecular formula is C23H19Cl2FN5O. The zero-order valence-corrected chi connectivity index (χ0v) is 18.5. The van der Waals surface area contributed by atoms with Gasteiger partial charge in [-0.3, -0.25) is 4.57 Å². The van der Waals surface area contributed by atoms with Gasteiger partial charge in [-0.25, -0.2) is 9.37 Å². The normalized spacial score (nSPS) is 14.7. The number of imidazole rings is 1. The number of nitrogens with zero attached hydrogens (tertiary/aromatic N) is 4. The lowest BCUT2D eigenvalue weighted by molar-refractivity contribution is 0.426. The molecular weight excluding hydrogens is 452 g/mol. The van der Waals surface area contributed by atoms with Gasteiger partial charge in [-0.15, -0.1) is 5.10 Å². The summed E-state index contributed by atoms with van der Waals surface area (Å²) in [4.78, 5) is 4.96. The van der Waals surface area contributed by atoms with E-state index in [1.54, 1.807) is 24.3 Å². The van der Waals surface area contributed by atoms with Crippen LogP contribution in [-0.2, 0) is 0 Å². The highest BCUT2D eigenvalue weighted by atomic mass is 35.5. The first-order valence-corrected chi connectivity index (χ1v) is 11.1. The van der Waals surface area contributed by atoms with Gasteiger partial charge in [0.1, 0.15) is 11.6 Å². The second-order valence-electron chi connectivity index (χ2n) is 7.80. The highest BCUT2D eigenvalue weighted by Crippen LogP contribution is 2.41. The van der Waals surface area contributed by atoms with Crippen LogP contribution in [-0.4, -0.2) is 19.7 Å². The minimum atomic E-state index is -0.508. The molecule has 4 aromatic rings. The molecule has 0 amide bonds. The van der Waals surface area contributed by atoms with Gasteiger partial charge < -0.3 is 10.2 Å². The molecule has 0 saturated heterocycles. The molecule has 6 nitrogen and oxygen atoms in total. The third kappa shape index (κ3) is 3.87. The fraction of sp³-hybridized carbons (Fsp3) is 0.261. The molecule has 0 atom stereocenters. The van der Waals surface area contributed by atoms with Crippen molar-refractivity contribution in [1.82, 2.24) is 19.7 Å². The molecule has 0 spiro atoms. The summed E-state index contributed by atoms with van der Waals surface area (Å²) in [5.41, 5.74) is 8.13. The fourth-order valence-electron chi connectivity index (χ4n) is 4.26. The van der Waals surface area contributed by atoms with Gasteiger partial charge >= 0.3 is 6.01 Å². The first kappa shape index (κ1) is 21.0. The molecule has 5 rings (SSSR count). The van der Waals surface area contributed by atoms with Gasteiger partial charge in [0.15, 0.2) is 5.69 Å². The van der Waals surface area contributed by atoms with E-state index in [2.05, 4.69) is 16.3 Å². The van der Waals surface area contributed by atoms with Crippen LogP contribution >= 0.6 is 23.2 Å². The summed E-state index contributed by atoms with van der Waals surface area (Å²) in [6, 6.07) is 13.0. The largest absolute Gasteiger partial charge is 0.402 e. The van der Waals surface area contributed by atoms with Crippen LogP contribution in [0.1, 0.15) is 43.8 Å². The molecule has 1 aliphatic rings. The van der Waals surface area contributed by atoms with Crippen LogP contribution in [0.2, 0.25) is 10.0 Å². The van der Waals surface area contributed by atoms with Gasteiger partial charge in [0.05, 0.1) is 16.4 Å². The summed E-state index contributed by atoms with van der Waals surface area (Å²) in [6.45, 7) is 0. The molecule has 2 N–H and O–H groups in total. The van der Waals surface area contributed by atoms with Crippen molar-refractivity contribution in [2.24, 2.45) is 0 Å². The molecule has 1 fully saturated rings. The maximum absolute atomic E-state index is 14.0. The number of nitrogen functional groups attached to an aromatic ring is 1. The lowest BCUT2D eigenvalue weighted by Crippen LogP contribution is -2.12. The van der Waals surface area contributed by atoms with Crippen LogP contribution in [0, 0.1) is 11.9 Å². The molecule has 0 unspecified atom stereocenters. The van der Waals surface area contributed by atoms with Crippen molar-refractivity contribution in [2.75, 3.05) is 5.73 Å².